The Hall–Kier alpha value is -2.18. The number of para-hydroxylation sites is 1. The second kappa shape index (κ2) is 11.8. The SMILES string of the molecule is O[C@]12C=C([C@H]3NCCc4c3[nH]c3ccccc43)[C@@H]3CCN(CCCC/C=C\CC1)C[C@@]31CC/C=C\CCCCN[C@H]12. The van der Waals surface area contributed by atoms with Gasteiger partial charge in [-0.15, -0.1) is 0 Å². The Morgan fingerprint density at radius 1 is 0.829 bits per heavy atom. The maximum Gasteiger partial charge on any atom is 0.0992 e. The summed E-state index contributed by atoms with van der Waals surface area (Å²) in [6.07, 6.45) is 25.4. The van der Waals surface area contributed by atoms with Gasteiger partial charge in [-0.05, 0) is 120 Å². The van der Waals surface area contributed by atoms with Gasteiger partial charge in [-0.1, -0.05) is 48.6 Å². The number of rotatable bonds is 1. The molecule has 1 aromatic carbocycles. The first-order valence-corrected chi connectivity index (χ1v) is 16.7. The molecule has 4 N–H and O–H groups in total. The van der Waals surface area contributed by atoms with Crippen LogP contribution in [-0.2, 0) is 6.42 Å². The zero-order valence-corrected chi connectivity index (χ0v) is 24.8. The largest absolute Gasteiger partial charge is 0.384 e. The number of H-pyrrole nitrogens is 1. The molecule has 2 aromatic rings. The molecule has 1 aromatic heterocycles. The van der Waals surface area contributed by atoms with Crippen molar-refractivity contribution in [3.8, 4) is 0 Å². The zero-order chi connectivity index (χ0) is 27.7. The van der Waals surface area contributed by atoms with Gasteiger partial charge in [0.2, 0.25) is 0 Å². The Morgan fingerprint density at radius 3 is 2.54 bits per heavy atom. The van der Waals surface area contributed by atoms with Crippen LogP contribution in [0, 0.1) is 11.3 Å². The van der Waals surface area contributed by atoms with E-state index < -0.39 is 5.60 Å². The van der Waals surface area contributed by atoms with Gasteiger partial charge in [-0.3, -0.25) is 0 Å². The van der Waals surface area contributed by atoms with Crippen molar-refractivity contribution in [3.05, 3.63) is 71.5 Å². The molecule has 5 aliphatic rings. The minimum Gasteiger partial charge on any atom is -0.384 e. The van der Waals surface area contributed by atoms with Crippen LogP contribution < -0.4 is 10.6 Å². The lowest BCUT2D eigenvalue weighted by Gasteiger charge is -2.61. The molecule has 4 aliphatic heterocycles. The van der Waals surface area contributed by atoms with E-state index in [-0.39, 0.29) is 17.5 Å². The minimum atomic E-state index is -0.879. The van der Waals surface area contributed by atoms with Crippen LogP contribution in [0.5, 0.6) is 0 Å². The highest BCUT2D eigenvalue weighted by Gasteiger charge is 2.59. The first kappa shape index (κ1) is 27.6. The summed E-state index contributed by atoms with van der Waals surface area (Å²) in [5.41, 5.74) is 4.62. The minimum absolute atomic E-state index is 0.00512. The number of aromatic amines is 1. The van der Waals surface area contributed by atoms with Gasteiger partial charge in [-0.25, -0.2) is 0 Å². The lowest BCUT2D eigenvalue weighted by atomic mass is 9.52. The van der Waals surface area contributed by atoms with E-state index >= 15 is 0 Å². The van der Waals surface area contributed by atoms with Gasteiger partial charge in [-0.2, -0.15) is 0 Å². The molecule has 0 radical (unpaired) electrons. The molecular weight excluding hydrogens is 504 g/mol. The molecule has 1 saturated heterocycles. The van der Waals surface area contributed by atoms with Crippen molar-refractivity contribution in [3.63, 3.8) is 0 Å². The number of nitrogens with zero attached hydrogens (tertiary/aromatic N) is 1. The summed E-state index contributed by atoms with van der Waals surface area (Å²) >= 11 is 0. The number of piperidine rings is 1. The third-order valence-electron chi connectivity index (χ3n) is 11.1. The monoisotopic (exact) mass is 554 g/mol. The van der Waals surface area contributed by atoms with Crippen molar-refractivity contribution in [2.24, 2.45) is 11.3 Å². The van der Waals surface area contributed by atoms with E-state index in [1.807, 2.05) is 0 Å². The van der Waals surface area contributed by atoms with Crippen molar-refractivity contribution in [2.45, 2.75) is 94.7 Å². The Labute approximate surface area is 246 Å². The number of aliphatic hydroxyl groups is 1. The van der Waals surface area contributed by atoms with Gasteiger partial charge < -0.3 is 25.6 Å². The Balaban J connectivity index is 1.38. The van der Waals surface area contributed by atoms with E-state index in [4.69, 9.17) is 0 Å². The topological polar surface area (TPSA) is 63.3 Å². The normalized spacial score (nSPS) is 38.2. The van der Waals surface area contributed by atoms with Crippen molar-refractivity contribution in [1.82, 2.24) is 20.5 Å². The van der Waals surface area contributed by atoms with E-state index in [0.29, 0.717) is 5.92 Å². The van der Waals surface area contributed by atoms with Gasteiger partial charge in [0.1, 0.15) is 0 Å². The summed E-state index contributed by atoms with van der Waals surface area (Å²) in [4.78, 5) is 6.63. The second-order valence-corrected chi connectivity index (χ2v) is 13.6. The number of hydrogen-bond donors (Lipinski definition) is 4. The molecule has 5 heterocycles. The highest BCUT2D eigenvalue weighted by atomic mass is 16.3. The van der Waals surface area contributed by atoms with Crippen molar-refractivity contribution < 1.29 is 5.11 Å². The molecule has 0 saturated carbocycles. The fourth-order valence-corrected chi connectivity index (χ4v) is 9.27. The van der Waals surface area contributed by atoms with Crippen molar-refractivity contribution in [2.75, 3.05) is 32.7 Å². The number of allylic oxidation sites excluding steroid dienone is 4. The number of aromatic nitrogens is 1. The van der Waals surface area contributed by atoms with Gasteiger partial charge in [0, 0.05) is 41.1 Å². The highest BCUT2D eigenvalue weighted by Crippen LogP contribution is 2.56. The molecule has 1 unspecified atom stereocenters. The molecule has 1 aliphatic carbocycles. The smallest absolute Gasteiger partial charge is 0.0992 e. The Bertz CT molecular complexity index is 1310. The molecule has 1 fully saturated rings. The van der Waals surface area contributed by atoms with Crippen molar-refractivity contribution >= 4 is 10.9 Å². The average molecular weight is 555 g/mol. The lowest BCUT2D eigenvalue weighted by Crippen LogP contribution is -2.69. The van der Waals surface area contributed by atoms with Gasteiger partial charge >= 0.3 is 0 Å². The van der Waals surface area contributed by atoms with E-state index in [0.717, 1.165) is 64.7 Å². The second-order valence-electron chi connectivity index (χ2n) is 13.6. The molecule has 3 bridgehead atoms. The third-order valence-corrected chi connectivity index (χ3v) is 11.1. The summed E-state index contributed by atoms with van der Waals surface area (Å²) < 4.78 is 0. The summed E-state index contributed by atoms with van der Waals surface area (Å²) in [6, 6.07) is 9.01. The number of hydrogen-bond acceptors (Lipinski definition) is 4. The molecular formula is C36H50N4O. The zero-order valence-electron chi connectivity index (χ0n) is 24.8. The molecule has 220 valence electrons. The van der Waals surface area contributed by atoms with Gasteiger partial charge in [0.25, 0.3) is 0 Å². The van der Waals surface area contributed by atoms with Crippen molar-refractivity contribution in [1.29, 1.82) is 0 Å². The molecule has 5 nitrogen and oxygen atoms in total. The number of fused-ring (bicyclic) bond motifs is 4. The lowest BCUT2D eigenvalue weighted by molar-refractivity contribution is -0.0902. The highest BCUT2D eigenvalue weighted by molar-refractivity contribution is 5.85. The fraction of sp³-hybridized carbons (Fsp3) is 0.611. The molecule has 7 rings (SSSR count). The van der Waals surface area contributed by atoms with Crippen LogP contribution in [-0.4, -0.2) is 59.4 Å². The Morgan fingerprint density at radius 2 is 1.63 bits per heavy atom. The van der Waals surface area contributed by atoms with Crippen LogP contribution >= 0.6 is 0 Å². The number of nitrogens with one attached hydrogen (secondary N) is 3. The van der Waals surface area contributed by atoms with Crippen LogP contribution in [0.2, 0.25) is 0 Å². The van der Waals surface area contributed by atoms with E-state index in [1.54, 1.807) is 0 Å². The van der Waals surface area contributed by atoms with Crippen LogP contribution in [0.1, 0.15) is 87.9 Å². The molecule has 5 heteroatoms. The molecule has 1 spiro atoms. The summed E-state index contributed by atoms with van der Waals surface area (Å²) in [5, 5.41) is 22.4. The van der Waals surface area contributed by atoms with Gasteiger partial charge in [0.15, 0.2) is 0 Å². The summed E-state index contributed by atoms with van der Waals surface area (Å²) in [7, 11) is 0. The third kappa shape index (κ3) is 5.18. The fourth-order valence-electron chi connectivity index (χ4n) is 9.27. The van der Waals surface area contributed by atoms with E-state index in [9.17, 15) is 5.11 Å². The van der Waals surface area contributed by atoms with Gasteiger partial charge in [0.05, 0.1) is 11.6 Å². The van der Waals surface area contributed by atoms with Crippen LogP contribution in [0.25, 0.3) is 10.9 Å². The first-order valence-electron chi connectivity index (χ1n) is 16.7. The first-order chi connectivity index (χ1) is 20.2. The van der Waals surface area contributed by atoms with E-state index in [2.05, 4.69) is 75.2 Å². The molecule has 41 heavy (non-hydrogen) atoms. The maximum atomic E-state index is 13.0. The van der Waals surface area contributed by atoms with Crippen LogP contribution in [0.3, 0.4) is 0 Å². The van der Waals surface area contributed by atoms with Crippen LogP contribution in [0.15, 0.2) is 60.2 Å². The standard InChI is InChI=1S/C36H50N4O/c41-36-20-12-6-2-4-8-14-23-40-24-18-30(35(26-40)19-11-5-1-3-7-13-21-38-34(35)36)29(25-36)32-33-28(17-22-37-32)27-15-9-10-16-31(27)39-33/h1-2,5-6,9-10,15-16,25,30,32,34,37-39,41H,3-4,7-8,11-14,17-24,26H2/b5-1-,6-2-/t30-,32+,34+,35-,36-/m0/s1. The van der Waals surface area contributed by atoms with Crippen LogP contribution in [0.4, 0.5) is 0 Å². The quantitative estimate of drug-likeness (QED) is 0.311. The summed E-state index contributed by atoms with van der Waals surface area (Å²) in [5.74, 6) is 0.446. The van der Waals surface area contributed by atoms with E-state index in [1.165, 1.54) is 72.8 Å². The Kier molecular flexibility index (Phi) is 7.98. The molecule has 6 atom stereocenters. The maximum absolute atomic E-state index is 13.0. The number of benzene rings is 1. The predicted octanol–water partition coefficient (Wildman–Crippen LogP) is 6.33. The molecule has 0 amide bonds. The predicted molar refractivity (Wildman–Crippen MR) is 169 cm³/mol. The summed E-state index contributed by atoms with van der Waals surface area (Å²) in [6.45, 7) is 5.39. The average Bonchev–Trinajstić information content (AvgIpc) is 3.35.